The molecule has 1 rings (SSSR count). The fourth-order valence-electron chi connectivity index (χ4n) is 0.761. The molecule has 7 heteroatoms. The quantitative estimate of drug-likeness (QED) is 0.560. The Morgan fingerprint density at radius 3 is 2.35 bits per heavy atom. The molecular formula is C10H14N2O5. The summed E-state index contributed by atoms with van der Waals surface area (Å²) in [5.74, 6) is -1.42. The lowest BCUT2D eigenvalue weighted by atomic mass is 10.2. The molecule has 1 aromatic heterocycles. The van der Waals surface area contributed by atoms with E-state index in [0.717, 1.165) is 0 Å². The van der Waals surface area contributed by atoms with Crippen LogP contribution in [0.15, 0.2) is 23.1 Å². The van der Waals surface area contributed by atoms with Crippen LogP contribution < -0.4 is 11.3 Å². The summed E-state index contributed by atoms with van der Waals surface area (Å²) >= 11 is 0. The van der Waals surface area contributed by atoms with Gasteiger partial charge < -0.3 is 20.9 Å². The molecule has 0 amide bonds. The van der Waals surface area contributed by atoms with Gasteiger partial charge in [0.2, 0.25) is 0 Å². The number of Topliss-reactive ketones (excluding diaryl/α,β-unsaturated/α-hetero) is 1. The van der Waals surface area contributed by atoms with E-state index in [0.29, 0.717) is 0 Å². The number of rotatable bonds is 4. The molecule has 0 bridgehead atoms. The molecular weight excluding hydrogens is 228 g/mol. The van der Waals surface area contributed by atoms with Crippen molar-refractivity contribution in [3.8, 4) is 5.75 Å². The molecule has 0 unspecified atom stereocenters. The molecule has 1 aromatic rings. The van der Waals surface area contributed by atoms with Crippen LogP contribution in [0.2, 0.25) is 0 Å². The van der Waals surface area contributed by atoms with E-state index in [1.165, 1.54) is 12.3 Å². The van der Waals surface area contributed by atoms with Crippen molar-refractivity contribution in [2.45, 2.75) is 12.8 Å². The Kier molecular flexibility index (Phi) is 7.04. The van der Waals surface area contributed by atoms with Crippen molar-refractivity contribution in [3.05, 3.63) is 28.7 Å². The largest absolute Gasteiger partial charge is 0.503 e. The Balaban J connectivity index is 0.000000302. The molecule has 0 spiro atoms. The molecule has 0 aliphatic carbocycles. The topological polar surface area (TPSA) is 133 Å². The summed E-state index contributed by atoms with van der Waals surface area (Å²) in [5, 5.41) is 16.6. The third-order valence-electron chi connectivity index (χ3n) is 1.64. The minimum absolute atomic E-state index is 0.0475. The Morgan fingerprint density at radius 1 is 1.35 bits per heavy atom. The number of carboxylic acids is 1. The second kappa shape index (κ2) is 8.05. The Bertz CT molecular complexity index is 427. The fourth-order valence-corrected chi connectivity index (χ4v) is 0.761. The van der Waals surface area contributed by atoms with Gasteiger partial charge in [-0.05, 0) is 12.1 Å². The number of nitrogens with two attached hydrogens (primary N) is 1. The predicted molar refractivity (Wildman–Crippen MR) is 59.7 cm³/mol. The minimum Gasteiger partial charge on any atom is -0.503 e. The second-order valence-electron chi connectivity index (χ2n) is 3.02. The number of carbonyl (C=O) groups excluding carboxylic acids is 1. The van der Waals surface area contributed by atoms with E-state index < -0.39 is 11.5 Å². The molecule has 17 heavy (non-hydrogen) atoms. The van der Waals surface area contributed by atoms with Crippen molar-refractivity contribution in [1.29, 1.82) is 0 Å². The summed E-state index contributed by atoms with van der Waals surface area (Å²) in [6, 6.07) is 2.88. The van der Waals surface area contributed by atoms with Gasteiger partial charge in [-0.2, -0.15) is 0 Å². The van der Waals surface area contributed by atoms with Crippen LogP contribution in [0.25, 0.3) is 0 Å². The monoisotopic (exact) mass is 242 g/mol. The number of nitrogens with one attached hydrogen (secondary N) is 1. The first-order chi connectivity index (χ1) is 7.97. The number of H-pyrrole nitrogens is 1. The molecule has 1 heterocycles. The summed E-state index contributed by atoms with van der Waals surface area (Å²) in [4.78, 5) is 32.8. The van der Waals surface area contributed by atoms with Crippen LogP contribution in [0, 0.1) is 0 Å². The smallest absolute Gasteiger partial charge is 0.303 e. The molecule has 0 fully saturated rings. The van der Waals surface area contributed by atoms with Crippen molar-refractivity contribution in [3.63, 3.8) is 0 Å². The lowest BCUT2D eigenvalue weighted by molar-refractivity contribution is -0.138. The molecule has 0 atom stereocenters. The van der Waals surface area contributed by atoms with Crippen molar-refractivity contribution in [2.75, 3.05) is 6.54 Å². The third kappa shape index (κ3) is 7.74. The number of hydrogen-bond acceptors (Lipinski definition) is 5. The zero-order valence-electron chi connectivity index (χ0n) is 9.05. The zero-order chi connectivity index (χ0) is 13.3. The van der Waals surface area contributed by atoms with E-state index in [1.54, 1.807) is 6.07 Å². The van der Waals surface area contributed by atoms with Crippen LogP contribution >= 0.6 is 0 Å². The molecule has 0 aromatic carbocycles. The average molecular weight is 242 g/mol. The SMILES string of the molecule is NCC(=O)CCC(=O)O.O=c1[nH]cccc1O. The second-order valence-corrected chi connectivity index (χ2v) is 3.02. The lowest BCUT2D eigenvalue weighted by Crippen LogP contribution is -2.14. The molecule has 0 aliphatic heterocycles. The maximum atomic E-state index is 10.3. The number of aromatic hydroxyl groups is 1. The van der Waals surface area contributed by atoms with E-state index in [1.807, 2.05) is 0 Å². The summed E-state index contributed by atoms with van der Waals surface area (Å²) in [5.41, 5.74) is 4.46. The van der Waals surface area contributed by atoms with Gasteiger partial charge in [0.15, 0.2) is 5.75 Å². The van der Waals surface area contributed by atoms with Crippen LogP contribution in [0.5, 0.6) is 5.75 Å². The van der Waals surface area contributed by atoms with Gasteiger partial charge in [0.25, 0.3) is 5.56 Å². The summed E-state index contributed by atoms with van der Waals surface area (Å²) < 4.78 is 0. The van der Waals surface area contributed by atoms with Crippen molar-refractivity contribution in [1.82, 2.24) is 4.98 Å². The van der Waals surface area contributed by atoms with Crippen LogP contribution in [0.3, 0.4) is 0 Å². The first-order valence-electron chi connectivity index (χ1n) is 4.77. The van der Waals surface area contributed by atoms with Gasteiger partial charge in [-0.3, -0.25) is 14.4 Å². The Morgan fingerprint density at radius 2 is 2.00 bits per heavy atom. The molecule has 0 saturated heterocycles. The highest BCUT2D eigenvalue weighted by Crippen LogP contribution is 1.92. The van der Waals surface area contributed by atoms with Gasteiger partial charge in [-0.25, -0.2) is 0 Å². The van der Waals surface area contributed by atoms with E-state index in [-0.39, 0.29) is 30.9 Å². The summed E-state index contributed by atoms with van der Waals surface area (Å²) in [6.07, 6.45) is 1.39. The van der Waals surface area contributed by atoms with Gasteiger partial charge in [0.05, 0.1) is 13.0 Å². The van der Waals surface area contributed by atoms with Crippen LogP contribution in [-0.2, 0) is 9.59 Å². The number of aromatic amines is 1. The van der Waals surface area contributed by atoms with Crippen molar-refractivity contribution >= 4 is 11.8 Å². The van der Waals surface area contributed by atoms with Gasteiger partial charge in [0, 0.05) is 12.6 Å². The first kappa shape index (κ1) is 14.8. The molecule has 94 valence electrons. The molecule has 0 aliphatic rings. The number of carbonyl (C=O) groups is 2. The maximum Gasteiger partial charge on any atom is 0.303 e. The van der Waals surface area contributed by atoms with Gasteiger partial charge >= 0.3 is 5.97 Å². The highest BCUT2D eigenvalue weighted by Gasteiger charge is 2.01. The standard InChI is InChI=1S/C5H9NO3.C5H5NO2/c6-3-4(7)1-2-5(8)9;7-4-2-1-3-6-5(4)8/h1-3,6H2,(H,8,9);1-3,7H,(H,6,8). The minimum atomic E-state index is -0.961. The van der Waals surface area contributed by atoms with Crippen LogP contribution in [0.4, 0.5) is 0 Å². The van der Waals surface area contributed by atoms with Crippen molar-refractivity contribution in [2.24, 2.45) is 5.73 Å². The lowest BCUT2D eigenvalue weighted by Gasteiger charge is -1.90. The van der Waals surface area contributed by atoms with Gasteiger partial charge in [-0.15, -0.1) is 0 Å². The van der Waals surface area contributed by atoms with E-state index >= 15 is 0 Å². The highest BCUT2D eigenvalue weighted by atomic mass is 16.4. The highest BCUT2D eigenvalue weighted by molar-refractivity contribution is 5.83. The number of aliphatic carboxylic acids is 1. The summed E-state index contributed by atoms with van der Waals surface area (Å²) in [7, 11) is 0. The van der Waals surface area contributed by atoms with E-state index in [4.69, 9.17) is 15.9 Å². The normalized spacial score (nSPS) is 9.00. The van der Waals surface area contributed by atoms with Crippen LogP contribution in [0.1, 0.15) is 12.8 Å². The molecule has 0 saturated carbocycles. The molecule has 7 nitrogen and oxygen atoms in total. The number of carboxylic acid groups (broad SMARTS) is 1. The van der Waals surface area contributed by atoms with E-state index in [2.05, 4.69) is 4.98 Å². The maximum absolute atomic E-state index is 10.3. The number of aromatic nitrogens is 1. The Labute approximate surface area is 96.9 Å². The number of ketones is 1. The number of pyridine rings is 1. The fraction of sp³-hybridized carbons (Fsp3) is 0.300. The van der Waals surface area contributed by atoms with E-state index in [9.17, 15) is 14.4 Å². The predicted octanol–water partition coefficient (Wildman–Crippen LogP) is -0.540. The van der Waals surface area contributed by atoms with Gasteiger partial charge in [0.1, 0.15) is 5.78 Å². The van der Waals surface area contributed by atoms with Crippen LogP contribution in [-0.4, -0.2) is 33.5 Å². The average Bonchev–Trinajstić information content (AvgIpc) is 2.30. The number of hydrogen-bond donors (Lipinski definition) is 4. The van der Waals surface area contributed by atoms with Crippen molar-refractivity contribution < 1.29 is 19.8 Å². The molecule has 0 radical (unpaired) electrons. The third-order valence-corrected chi connectivity index (χ3v) is 1.64. The van der Waals surface area contributed by atoms with Gasteiger partial charge in [-0.1, -0.05) is 0 Å². The molecule has 5 N–H and O–H groups in total. The first-order valence-corrected chi connectivity index (χ1v) is 4.77. The Hall–Kier alpha value is -2.15. The zero-order valence-corrected chi connectivity index (χ0v) is 9.05. The summed E-state index contributed by atoms with van der Waals surface area (Å²) in [6.45, 7) is -0.0622.